The Hall–Kier alpha value is -2.40. The molecular formula is C21H25N3O2. The van der Waals surface area contributed by atoms with Crippen LogP contribution >= 0.6 is 0 Å². The second kappa shape index (κ2) is 6.72. The number of nitrogens with zero attached hydrogens (tertiary/aromatic N) is 2. The van der Waals surface area contributed by atoms with Gasteiger partial charge < -0.3 is 15.0 Å². The molecule has 1 unspecified atom stereocenters. The Morgan fingerprint density at radius 2 is 2.08 bits per heavy atom. The van der Waals surface area contributed by atoms with Crippen molar-refractivity contribution < 1.29 is 9.53 Å². The molecule has 2 aliphatic rings. The van der Waals surface area contributed by atoms with Crippen LogP contribution in [-0.4, -0.2) is 35.5 Å². The van der Waals surface area contributed by atoms with Crippen molar-refractivity contribution in [1.29, 1.82) is 0 Å². The summed E-state index contributed by atoms with van der Waals surface area (Å²) in [4.78, 5) is 18.9. The van der Waals surface area contributed by atoms with Gasteiger partial charge in [0.05, 0.1) is 6.61 Å². The second-order valence-electron chi connectivity index (χ2n) is 7.23. The molecular weight excluding hydrogens is 326 g/mol. The summed E-state index contributed by atoms with van der Waals surface area (Å²) < 4.78 is 5.59. The van der Waals surface area contributed by atoms with Gasteiger partial charge in [0.2, 0.25) is 0 Å². The molecule has 5 nitrogen and oxygen atoms in total. The zero-order valence-electron chi connectivity index (χ0n) is 15.6. The van der Waals surface area contributed by atoms with Gasteiger partial charge in [0.15, 0.2) is 0 Å². The molecule has 0 aliphatic carbocycles. The molecule has 0 saturated carbocycles. The molecule has 136 valence electrons. The molecule has 2 aromatic rings. The van der Waals surface area contributed by atoms with Gasteiger partial charge >= 0.3 is 0 Å². The van der Waals surface area contributed by atoms with E-state index in [9.17, 15) is 4.79 Å². The van der Waals surface area contributed by atoms with Crippen molar-refractivity contribution in [2.75, 3.05) is 25.1 Å². The maximum Gasteiger partial charge on any atom is 0.273 e. The Morgan fingerprint density at radius 1 is 1.27 bits per heavy atom. The van der Waals surface area contributed by atoms with Gasteiger partial charge in [-0.25, -0.2) is 4.98 Å². The van der Waals surface area contributed by atoms with Crippen LogP contribution in [0.2, 0.25) is 0 Å². The molecule has 0 bridgehead atoms. The minimum atomic E-state index is 0.0238. The predicted molar refractivity (Wildman–Crippen MR) is 102 cm³/mol. The van der Waals surface area contributed by atoms with Crippen LogP contribution in [0.15, 0.2) is 24.3 Å². The number of ether oxygens (including phenoxy) is 1. The fourth-order valence-electron chi connectivity index (χ4n) is 3.76. The van der Waals surface area contributed by atoms with Gasteiger partial charge in [0.1, 0.15) is 11.5 Å². The summed E-state index contributed by atoms with van der Waals surface area (Å²) >= 11 is 0. The number of aromatic nitrogens is 1. The number of benzene rings is 1. The van der Waals surface area contributed by atoms with E-state index < -0.39 is 0 Å². The number of fused-ring (bicyclic) bond motifs is 1. The zero-order valence-corrected chi connectivity index (χ0v) is 15.6. The van der Waals surface area contributed by atoms with E-state index in [4.69, 9.17) is 4.74 Å². The van der Waals surface area contributed by atoms with Gasteiger partial charge in [0.25, 0.3) is 5.91 Å². The number of anilines is 2. The van der Waals surface area contributed by atoms with Crippen molar-refractivity contribution in [3.63, 3.8) is 0 Å². The van der Waals surface area contributed by atoms with Crippen LogP contribution in [0.1, 0.15) is 52.0 Å². The lowest BCUT2D eigenvalue weighted by molar-refractivity contribution is 0.0783. The average Bonchev–Trinajstić information content (AvgIpc) is 3.26. The first-order valence-electron chi connectivity index (χ1n) is 9.32. The summed E-state index contributed by atoms with van der Waals surface area (Å²) in [6.45, 7) is 9.20. The quantitative estimate of drug-likeness (QED) is 0.907. The standard InChI is InChI=1S/C21H25N3O2/c1-4-24-11-15-5-6-19(23-20(15)21(24)25)22-18-10-14(3)13(2)9-17(18)16-7-8-26-12-16/h5-6,9-10,16H,4,7-8,11-12H2,1-3H3,(H,22,23). The van der Waals surface area contributed by atoms with Crippen molar-refractivity contribution in [2.45, 2.75) is 39.7 Å². The second-order valence-corrected chi connectivity index (χ2v) is 7.23. The van der Waals surface area contributed by atoms with E-state index in [1.54, 1.807) is 0 Å². The van der Waals surface area contributed by atoms with Gasteiger partial charge in [0, 0.05) is 36.9 Å². The molecule has 1 amide bonds. The topological polar surface area (TPSA) is 54.5 Å². The van der Waals surface area contributed by atoms with Crippen LogP contribution < -0.4 is 5.32 Å². The first-order valence-corrected chi connectivity index (χ1v) is 9.32. The number of hydrogen-bond acceptors (Lipinski definition) is 4. The number of carbonyl (C=O) groups excluding carboxylic acids is 1. The van der Waals surface area contributed by atoms with E-state index in [1.165, 1.54) is 16.7 Å². The Morgan fingerprint density at radius 3 is 2.81 bits per heavy atom. The molecule has 1 N–H and O–H groups in total. The van der Waals surface area contributed by atoms with Crippen molar-refractivity contribution in [3.05, 3.63) is 52.2 Å². The van der Waals surface area contributed by atoms with E-state index in [1.807, 2.05) is 24.0 Å². The molecule has 1 aromatic heterocycles. The van der Waals surface area contributed by atoms with Crippen LogP contribution in [-0.2, 0) is 11.3 Å². The summed E-state index contributed by atoms with van der Waals surface area (Å²) in [6, 6.07) is 8.42. The lowest BCUT2D eigenvalue weighted by Crippen LogP contribution is -2.23. The molecule has 2 aliphatic heterocycles. The lowest BCUT2D eigenvalue weighted by atomic mass is 9.93. The van der Waals surface area contributed by atoms with Crippen LogP contribution in [0.3, 0.4) is 0 Å². The molecule has 26 heavy (non-hydrogen) atoms. The van der Waals surface area contributed by atoms with Crippen molar-refractivity contribution in [3.8, 4) is 0 Å². The third-order valence-corrected chi connectivity index (χ3v) is 5.51. The smallest absolute Gasteiger partial charge is 0.273 e. The molecule has 1 fully saturated rings. The van der Waals surface area contributed by atoms with Gasteiger partial charge in [-0.05, 0) is 56.0 Å². The monoisotopic (exact) mass is 351 g/mol. The molecule has 1 saturated heterocycles. The van der Waals surface area contributed by atoms with Crippen molar-refractivity contribution in [2.24, 2.45) is 0 Å². The summed E-state index contributed by atoms with van der Waals surface area (Å²) in [7, 11) is 0. The fourth-order valence-corrected chi connectivity index (χ4v) is 3.76. The highest BCUT2D eigenvalue weighted by atomic mass is 16.5. The van der Waals surface area contributed by atoms with Crippen molar-refractivity contribution >= 4 is 17.4 Å². The summed E-state index contributed by atoms with van der Waals surface area (Å²) in [5.41, 5.74) is 6.44. The minimum Gasteiger partial charge on any atom is -0.381 e. The number of hydrogen-bond donors (Lipinski definition) is 1. The van der Waals surface area contributed by atoms with E-state index in [0.29, 0.717) is 24.7 Å². The molecule has 1 atom stereocenters. The van der Waals surface area contributed by atoms with E-state index >= 15 is 0 Å². The molecule has 4 rings (SSSR count). The molecule has 0 spiro atoms. The number of carbonyl (C=O) groups is 1. The summed E-state index contributed by atoms with van der Waals surface area (Å²) in [5, 5.41) is 3.46. The minimum absolute atomic E-state index is 0.0238. The Kier molecular flexibility index (Phi) is 4.41. The van der Waals surface area contributed by atoms with E-state index in [0.717, 1.165) is 36.7 Å². The van der Waals surface area contributed by atoms with Gasteiger partial charge in [-0.3, -0.25) is 4.79 Å². The third kappa shape index (κ3) is 2.97. The van der Waals surface area contributed by atoms with Crippen molar-refractivity contribution in [1.82, 2.24) is 9.88 Å². The SMILES string of the molecule is CCN1Cc2ccc(Nc3cc(C)c(C)cc3C3CCOC3)nc2C1=O. The van der Waals surface area contributed by atoms with Crippen LogP contribution in [0.5, 0.6) is 0 Å². The highest BCUT2D eigenvalue weighted by molar-refractivity contribution is 5.96. The predicted octanol–water partition coefficient (Wildman–Crippen LogP) is 3.92. The number of aryl methyl sites for hydroxylation is 2. The summed E-state index contributed by atoms with van der Waals surface area (Å²) in [5.74, 6) is 1.15. The molecule has 1 aromatic carbocycles. The van der Waals surface area contributed by atoms with E-state index in [2.05, 4.69) is 36.3 Å². The van der Waals surface area contributed by atoms with Gasteiger partial charge in [-0.2, -0.15) is 0 Å². The Balaban J connectivity index is 1.67. The van der Waals surface area contributed by atoms with Gasteiger partial charge in [-0.15, -0.1) is 0 Å². The maximum atomic E-state index is 12.4. The Labute approximate surface area is 154 Å². The van der Waals surface area contributed by atoms with E-state index in [-0.39, 0.29) is 5.91 Å². The maximum absolute atomic E-state index is 12.4. The number of rotatable bonds is 4. The Bertz CT molecular complexity index is 857. The number of nitrogens with one attached hydrogen (secondary N) is 1. The number of pyridine rings is 1. The lowest BCUT2D eigenvalue weighted by Gasteiger charge is -2.18. The highest BCUT2D eigenvalue weighted by Gasteiger charge is 2.28. The fraction of sp³-hybridized carbons (Fsp3) is 0.429. The van der Waals surface area contributed by atoms with Crippen LogP contribution in [0, 0.1) is 13.8 Å². The van der Waals surface area contributed by atoms with Crippen LogP contribution in [0.4, 0.5) is 11.5 Å². The zero-order chi connectivity index (χ0) is 18.3. The molecule has 0 radical (unpaired) electrons. The largest absolute Gasteiger partial charge is 0.381 e. The summed E-state index contributed by atoms with van der Waals surface area (Å²) in [6.07, 6.45) is 1.04. The molecule has 5 heteroatoms. The molecule has 3 heterocycles. The van der Waals surface area contributed by atoms with Gasteiger partial charge in [-0.1, -0.05) is 12.1 Å². The highest BCUT2D eigenvalue weighted by Crippen LogP contribution is 2.35. The average molecular weight is 351 g/mol. The third-order valence-electron chi connectivity index (χ3n) is 5.51. The number of amides is 1. The van der Waals surface area contributed by atoms with Crippen LogP contribution in [0.25, 0.3) is 0 Å². The first kappa shape index (κ1) is 17.0. The normalized spacial score (nSPS) is 19.1. The first-order chi connectivity index (χ1) is 12.6.